The van der Waals surface area contributed by atoms with Gasteiger partial charge in [0.1, 0.15) is 5.60 Å². The third-order valence-corrected chi connectivity index (χ3v) is 3.03. The smallest absolute Gasteiger partial charge is 0.338 e. The van der Waals surface area contributed by atoms with E-state index in [4.69, 9.17) is 9.47 Å². The maximum absolute atomic E-state index is 11.3. The largest absolute Gasteiger partial charge is 0.464 e. The third-order valence-electron chi connectivity index (χ3n) is 3.03. The fourth-order valence-electron chi connectivity index (χ4n) is 2.31. The Balaban J connectivity index is 1.90. The van der Waals surface area contributed by atoms with E-state index in [9.17, 15) is 4.79 Å². The van der Waals surface area contributed by atoms with Crippen molar-refractivity contribution in [3.8, 4) is 0 Å². The molecule has 0 aromatic rings. The van der Waals surface area contributed by atoms with Crippen LogP contribution in [-0.4, -0.2) is 24.3 Å². The topological polar surface area (TPSA) is 38.8 Å². The van der Waals surface area contributed by atoms with Gasteiger partial charge in [0.05, 0.1) is 6.61 Å². The fourth-order valence-corrected chi connectivity index (χ4v) is 2.31. The minimum atomic E-state index is -0.252. The van der Waals surface area contributed by atoms with Gasteiger partial charge in [-0.05, 0) is 32.1 Å². The highest BCUT2D eigenvalue weighted by Crippen LogP contribution is 2.52. The molecule has 3 atom stereocenters. The van der Waals surface area contributed by atoms with Crippen molar-refractivity contribution in [1.29, 1.82) is 0 Å². The predicted octanol–water partition coefficient (Wildman–Crippen LogP) is 1.51. The van der Waals surface area contributed by atoms with Gasteiger partial charge in [-0.2, -0.15) is 0 Å². The van der Waals surface area contributed by atoms with Crippen LogP contribution in [0.1, 0.15) is 33.1 Å². The quantitative estimate of drug-likeness (QED) is 0.482. The first kappa shape index (κ1) is 9.00. The molecule has 3 heteroatoms. The van der Waals surface area contributed by atoms with Crippen molar-refractivity contribution in [2.45, 2.75) is 44.8 Å². The highest BCUT2D eigenvalue weighted by Gasteiger charge is 2.63. The Morgan fingerprint density at radius 3 is 3.00 bits per heavy atom. The normalized spacial score (nSPS) is 42.3. The molecular formula is C10H16O3. The minimum absolute atomic E-state index is 0.119. The summed E-state index contributed by atoms with van der Waals surface area (Å²) in [6.07, 6.45) is 2.97. The Kier molecular flexibility index (Phi) is 2.06. The lowest BCUT2D eigenvalue weighted by atomic mass is 10.0. The van der Waals surface area contributed by atoms with Gasteiger partial charge in [0.25, 0.3) is 0 Å². The molecular weight excluding hydrogens is 168 g/mol. The summed E-state index contributed by atoms with van der Waals surface area (Å²) in [5, 5.41) is 0. The molecule has 13 heavy (non-hydrogen) atoms. The van der Waals surface area contributed by atoms with Crippen LogP contribution in [0.3, 0.4) is 0 Å². The van der Waals surface area contributed by atoms with Crippen LogP contribution in [0.2, 0.25) is 0 Å². The summed E-state index contributed by atoms with van der Waals surface area (Å²) >= 11 is 0. The van der Waals surface area contributed by atoms with Gasteiger partial charge in [-0.1, -0.05) is 6.92 Å². The first-order valence-electron chi connectivity index (χ1n) is 5.02. The Hall–Kier alpha value is -0.570. The highest BCUT2D eigenvalue weighted by molar-refractivity contribution is 5.79. The van der Waals surface area contributed by atoms with Crippen LogP contribution >= 0.6 is 0 Å². The minimum Gasteiger partial charge on any atom is -0.464 e. The zero-order chi connectivity index (χ0) is 9.47. The van der Waals surface area contributed by atoms with E-state index in [2.05, 4.69) is 6.92 Å². The maximum Gasteiger partial charge on any atom is 0.338 e. The number of rotatable bonds is 2. The van der Waals surface area contributed by atoms with E-state index in [0.29, 0.717) is 12.5 Å². The second-order valence-corrected chi connectivity index (χ2v) is 4.16. The van der Waals surface area contributed by atoms with Crippen LogP contribution in [0.5, 0.6) is 0 Å². The molecule has 2 fully saturated rings. The van der Waals surface area contributed by atoms with Gasteiger partial charge in [0.15, 0.2) is 6.10 Å². The van der Waals surface area contributed by atoms with Crippen LogP contribution < -0.4 is 0 Å². The molecule has 74 valence electrons. The first-order valence-corrected chi connectivity index (χ1v) is 5.02. The summed E-state index contributed by atoms with van der Waals surface area (Å²) in [7, 11) is 0. The van der Waals surface area contributed by atoms with Crippen LogP contribution in [0.25, 0.3) is 0 Å². The van der Waals surface area contributed by atoms with E-state index in [1.165, 1.54) is 6.42 Å². The van der Waals surface area contributed by atoms with Gasteiger partial charge in [-0.15, -0.1) is 0 Å². The molecule has 1 aliphatic heterocycles. The SMILES string of the molecule is CCOC(=O)C1OC12CCC(C)C2. The van der Waals surface area contributed by atoms with Gasteiger partial charge in [0, 0.05) is 0 Å². The Morgan fingerprint density at radius 1 is 1.69 bits per heavy atom. The van der Waals surface area contributed by atoms with E-state index >= 15 is 0 Å². The molecule has 2 aliphatic rings. The molecule has 0 amide bonds. The Bertz CT molecular complexity index is 226. The molecule has 0 N–H and O–H groups in total. The molecule has 2 rings (SSSR count). The summed E-state index contributed by atoms with van der Waals surface area (Å²) < 4.78 is 10.4. The van der Waals surface area contributed by atoms with Crippen molar-refractivity contribution in [1.82, 2.24) is 0 Å². The molecule has 0 radical (unpaired) electrons. The first-order chi connectivity index (χ1) is 6.18. The van der Waals surface area contributed by atoms with Gasteiger partial charge >= 0.3 is 5.97 Å². The molecule has 1 spiro atoms. The number of epoxide rings is 1. The average molecular weight is 184 g/mol. The van der Waals surface area contributed by atoms with Gasteiger partial charge < -0.3 is 9.47 Å². The van der Waals surface area contributed by atoms with Crippen LogP contribution in [0.15, 0.2) is 0 Å². The van der Waals surface area contributed by atoms with Crippen LogP contribution in [0.4, 0.5) is 0 Å². The monoisotopic (exact) mass is 184 g/mol. The second-order valence-electron chi connectivity index (χ2n) is 4.16. The van der Waals surface area contributed by atoms with Gasteiger partial charge in [0.2, 0.25) is 0 Å². The summed E-state index contributed by atoms with van der Waals surface area (Å²) in [6, 6.07) is 0. The molecule has 0 bridgehead atoms. The Morgan fingerprint density at radius 2 is 2.46 bits per heavy atom. The Labute approximate surface area is 78.4 Å². The lowest BCUT2D eigenvalue weighted by molar-refractivity contribution is -0.144. The molecule has 1 saturated carbocycles. The number of esters is 1. The standard InChI is InChI=1S/C10H16O3/c1-3-12-9(11)8-10(13-8)5-4-7(2)6-10/h7-8H,3-6H2,1-2H3. The fraction of sp³-hybridized carbons (Fsp3) is 0.900. The van der Waals surface area contributed by atoms with Gasteiger partial charge in [-0.25, -0.2) is 4.79 Å². The van der Waals surface area contributed by atoms with Crippen molar-refractivity contribution in [2.75, 3.05) is 6.61 Å². The molecule has 0 aromatic carbocycles. The molecule has 3 nitrogen and oxygen atoms in total. The maximum atomic E-state index is 11.3. The lowest BCUT2D eigenvalue weighted by Gasteiger charge is -2.02. The molecule has 3 unspecified atom stereocenters. The zero-order valence-corrected chi connectivity index (χ0v) is 8.21. The number of ether oxygens (including phenoxy) is 2. The summed E-state index contributed by atoms with van der Waals surface area (Å²) in [6.45, 7) is 4.48. The number of hydrogen-bond donors (Lipinski definition) is 0. The van der Waals surface area contributed by atoms with E-state index in [-0.39, 0.29) is 17.7 Å². The molecule has 1 saturated heterocycles. The predicted molar refractivity (Wildman–Crippen MR) is 47.3 cm³/mol. The molecule has 1 aliphatic carbocycles. The third kappa shape index (κ3) is 1.46. The van der Waals surface area contributed by atoms with E-state index < -0.39 is 0 Å². The van der Waals surface area contributed by atoms with Gasteiger partial charge in [-0.3, -0.25) is 0 Å². The summed E-state index contributed by atoms with van der Waals surface area (Å²) in [4.78, 5) is 11.3. The number of carbonyl (C=O) groups is 1. The molecule has 0 aromatic heterocycles. The lowest BCUT2D eigenvalue weighted by Crippen LogP contribution is -2.20. The van der Waals surface area contributed by atoms with Crippen LogP contribution in [-0.2, 0) is 14.3 Å². The molecule has 1 heterocycles. The van der Waals surface area contributed by atoms with Crippen molar-refractivity contribution in [3.05, 3.63) is 0 Å². The summed E-state index contributed by atoms with van der Waals surface area (Å²) in [5.74, 6) is 0.524. The van der Waals surface area contributed by atoms with Crippen molar-refractivity contribution < 1.29 is 14.3 Å². The second kappa shape index (κ2) is 2.98. The van der Waals surface area contributed by atoms with Crippen molar-refractivity contribution in [2.24, 2.45) is 5.92 Å². The number of hydrogen-bond acceptors (Lipinski definition) is 3. The average Bonchev–Trinajstić information content (AvgIpc) is 2.64. The van der Waals surface area contributed by atoms with Crippen molar-refractivity contribution >= 4 is 5.97 Å². The van der Waals surface area contributed by atoms with E-state index in [1.807, 2.05) is 6.92 Å². The number of carbonyl (C=O) groups excluding carboxylic acids is 1. The van der Waals surface area contributed by atoms with Crippen LogP contribution in [0, 0.1) is 5.92 Å². The summed E-state index contributed by atoms with van der Waals surface area (Å²) in [5.41, 5.74) is -0.119. The van der Waals surface area contributed by atoms with Crippen molar-refractivity contribution in [3.63, 3.8) is 0 Å². The zero-order valence-electron chi connectivity index (χ0n) is 8.21. The van der Waals surface area contributed by atoms with E-state index in [0.717, 1.165) is 12.8 Å². The van der Waals surface area contributed by atoms with E-state index in [1.54, 1.807) is 0 Å². The highest BCUT2D eigenvalue weighted by atomic mass is 16.7.